The third-order valence-corrected chi connectivity index (χ3v) is 4.94. The third kappa shape index (κ3) is 2.98. The van der Waals surface area contributed by atoms with Gasteiger partial charge in [-0.2, -0.15) is 0 Å². The van der Waals surface area contributed by atoms with Crippen LogP contribution < -0.4 is 5.73 Å². The number of anilines is 1. The van der Waals surface area contributed by atoms with Crippen LogP contribution in [0.2, 0.25) is 0 Å². The minimum Gasteiger partial charge on any atom is -0.380 e. The van der Waals surface area contributed by atoms with Crippen LogP contribution in [-0.4, -0.2) is 24.7 Å². The van der Waals surface area contributed by atoms with Crippen molar-refractivity contribution in [3.05, 3.63) is 72.4 Å². The maximum atomic E-state index is 13.3. The van der Waals surface area contributed by atoms with Gasteiger partial charge in [-0.15, -0.1) is 0 Å². The summed E-state index contributed by atoms with van der Waals surface area (Å²) in [5, 5.41) is 3.78. The van der Waals surface area contributed by atoms with Crippen molar-refractivity contribution in [1.82, 2.24) is 24.7 Å². The number of aryl methyl sites for hydroxylation is 1. The second kappa shape index (κ2) is 7.07. The number of rotatable bonds is 4. The van der Waals surface area contributed by atoms with Gasteiger partial charge < -0.3 is 10.3 Å². The van der Waals surface area contributed by atoms with Crippen LogP contribution in [0.15, 0.2) is 65.5 Å². The van der Waals surface area contributed by atoms with Gasteiger partial charge in [0.2, 0.25) is 0 Å². The second-order valence-electron chi connectivity index (χ2n) is 6.81. The summed E-state index contributed by atoms with van der Waals surface area (Å²) < 4.78 is 20.2. The van der Waals surface area contributed by atoms with Gasteiger partial charge in [0, 0.05) is 5.69 Å². The molecule has 0 radical (unpaired) electrons. The SMILES string of the molecule is CCc1ccc(-n2c(-c3conc3N)nc3ccc(-c4ccc(F)cn4)nc32)cc1. The van der Waals surface area contributed by atoms with Gasteiger partial charge in [0.1, 0.15) is 23.2 Å². The van der Waals surface area contributed by atoms with E-state index in [1.807, 2.05) is 22.8 Å². The first-order chi connectivity index (χ1) is 14.6. The number of aromatic nitrogens is 5. The van der Waals surface area contributed by atoms with Crippen LogP contribution in [0, 0.1) is 5.82 Å². The molecule has 4 aromatic heterocycles. The van der Waals surface area contributed by atoms with E-state index >= 15 is 0 Å². The molecule has 2 N–H and O–H groups in total. The molecule has 0 aliphatic heterocycles. The topological polar surface area (TPSA) is 95.7 Å². The van der Waals surface area contributed by atoms with Gasteiger partial charge in [0.05, 0.1) is 17.6 Å². The fourth-order valence-corrected chi connectivity index (χ4v) is 3.35. The Labute approximate surface area is 171 Å². The molecular formula is C22H17FN6O. The number of hydrogen-bond donors (Lipinski definition) is 1. The number of imidazole rings is 1. The summed E-state index contributed by atoms with van der Waals surface area (Å²) in [5.41, 5.74) is 11.2. The number of nitrogens with two attached hydrogens (primary N) is 1. The number of nitrogen functional groups attached to an aromatic ring is 1. The highest BCUT2D eigenvalue weighted by Gasteiger charge is 2.20. The first-order valence-corrected chi connectivity index (χ1v) is 9.45. The molecule has 0 aliphatic rings. The summed E-state index contributed by atoms with van der Waals surface area (Å²) in [5.74, 6) is 0.424. The number of hydrogen-bond acceptors (Lipinski definition) is 6. The number of fused-ring (bicyclic) bond motifs is 1. The molecule has 8 heteroatoms. The Morgan fingerprint density at radius 3 is 2.47 bits per heavy atom. The molecule has 0 fully saturated rings. The van der Waals surface area contributed by atoms with Crippen molar-refractivity contribution in [1.29, 1.82) is 0 Å². The normalized spacial score (nSPS) is 11.3. The summed E-state index contributed by atoms with van der Waals surface area (Å²) in [7, 11) is 0. The first kappa shape index (κ1) is 18.0. The average Bonchev–Trinajstić information content (AvgIpc) is 3.36. The van der Waals surface area contributed by atoms with Gasteiger partial charge in [-0.3, -0.25) is 9.55 Å². The zero-order valence-electron chi connectivity index (χ0n) is 16.1. The molecular weight excluding hydrogens is 383 g/mol. The standard InChI is InChI=1S/C22H17FN6O/c1-2-13-3-6-15(7-4-13)29-21(16-12-30-28-20(16)24)27-19-10-9-18(26-22(19)29)17-8-5-14(23)11-25-17/h3-12H,2H2,1H3,(H2,24,28). The lowest BCUT2D eigenvalue weighted by atomic mass is 10.1. The largest absolute Gasteiger partial charge is 0.380 e. The number of benzene rings is 1. The van der Waals surface area contributed by atoms with Crippen molar-refractivity contribution in [3.8, 4) is 28.5 Å². The monoisotopic (exact) mass is 400 g/mol. The lowest BCUT2D eigenvalue weighted by Crippen LogP contribution is -2.01. The van der Waals surface area contributed by atoms with E-state index in [0.29, 0.717) is 33.9 Å². The molecule has 0 aliphatic carbocycles. The maximum Gasteiger partial charge on any atom is 0.177 e. The van der Waals surface area contributed by atoms with E-state index in [-0.39, 0.29) is 5.82 Å². The van der Waals surface area contributed by atoms with E-state index in [4.69, 9.17) is 20.2 Å². The van der Waals surface area contributed by atoms with Crippen LogP contribution in [0.25, 0.3) is 39.6 Å². The Morgan fingerprint density at radius 2 is 1.80 bits per heavy atom. The highest BCUT2D eigenvalue weighted by atomic mass is 19.1. The molecule has 0 saturated heterocycles. The van der Waals surface area contributed by atoms with Crippen LogP contribution >= 0.6 is 0 Å². The fraction of sp³-hybridized carbons (Fsp3) is 0.0909. The number of nitrogens with zero attached hydrogens (tertiary/aromatic N) is 5. The predicted octanol–water partition coefficient (Wildman–Crippen LogP) is 4.42. The van der Waals surface area contributed by atoms with Crippen molar-refractivity contribution >= 4 is 17.0 Å². The Morgan fingerprint density at radius 1 is 1.00 bits per heavy atom. The minimum absolute atomic E-state index is 0.247. The van der Waals surface area contributed by atoms with E-state index in [9.17, 15) is 4.39 Å². The van der Waals surface area contributed by atoms with Gasteiger partial charge >= 0.3 is 0 Å². The zero-order chi connectivity index (χ0) is 20.7. The number of pyridine rings is 2. The average molecular weight is 400 g/mol. The Hall–Kier alpha value is -4.07. The molecule has 5 aromatic rings. The van der Waals surface area contributed by atoms with Crippen molar-refractivity contribution in [2.45, 2.75) is 13.3 Å². The van der Waals surface area contributed by atoms with Crippen molar-refractivity contribution in [3.63, 3.8) is 0 Å². The summed E-state index contributed by atoms with van der Waals surface area (Å²) in [4.78, 5) is 13.6. The highest BCUT2D eigenvalue weighted by molar-refractivity contribution is 5.84. The molecule has 4 heterocycles. The number of halogens is 1. The minimum atomic E-state index is -0.397. The first-order valence-electron chi connectivity index (χ1n) is 9.45. The quantitative estimate of drug-likeness (QED) is 0.480. The summed E-state index contributed by atoms with van der Waals surface area (Å²) >= 11 is 0. The molecule has 0 unspecified atom stereocenters. The van der Waals surface area contributed by atoms with Gasteiger partial charge in [-0.1, -0.05) is 24.2 Å². The molecule has 5 rings (SSSR count). The summed E-state index contributed by atoms with van der Waals surface area (Å²) in [6, 6.07) is 14.8. The molecule has 0 amide bonds. The van der Waals surface area contributed by atoms with Crippen molar-refractivity contribution < 1.29 is 8.91 Å². The predicted molar refractivity (Wildman–Crippen MR) is 111 cm³/mol. The zero-order valence-corrected chi connectivity index (χ0v) is 16.1. The fourth-order valence-electron chi connectivity index (χ4n) is 3.35. The van der Waals surface area contributed by atoms with Gasteiger partial charge in [0.25, 0.3) is 0 Å². The second-order valence-corrected chi connectivity index (χ2v) is 6.81. The molecule has 0 spiro atoms. The van der Waals surface area contributed by atoms with Gasteiger partial charge in [-0.05, 0) is 48.4 Å². The Bertz CT molecular complexity index is 1340. The van der Waals surface area contributed by atoms with E-state index < -0.39 is 5.82 Å². The van der Waals surface area contributed by atoms with Gasteiger partial charge in [0.15, 0.2) is 17.3 Å². The lowest BCUT2D eigenvalue weighted by Gasteiger charge is -2.09. The van der Waals surface area contributed by atoms with E-state index in [1.165, 1.54) is 24.1 Å². The van der Waals surface area contributed by atoms with E-state index in [2.05, 4.69) is 29.2 Å². The van der Waals surface area contributed by atoms with Crippen molar-refractivity contribution in [2.24, 2.45) is 0 Å². The van der Waals surface area contributed by atoms with Crippen molar-refractivity contribution in [2.75, 3.05) is 5.73 Å². The smallest absolute Gasteiger partial charge is 0.177 e. The molecule has 1 aromatic carbocycles. The molecule has 0 atom stereocenters. The lowest BCUT2D eigenvalue weighted by molar-refractivity contribution is 0.423. The third-order valence-electron chi connectivity index (χ3n) is 4.94. The van der Waals surface area contributed by atoms with Gasteiger partial charge in [-0.25, -0.2) is 14.4 Å². The van der Waals surface area contributed by atoms with Crippen LogP contribution in [-0.2, 0) is 6.42 Å². The van der Waals surface area contributed by atoms with Crippen LogP contribution in [0.3, 0.4) is 0 Å². The van der Waals surface area contributed by atoms with E-state index in [0.717, 1.165) is 12.1 Å². The maximum absolute atomic E-state index is 13.3. The summed E-state index contributed by atoms with van der Waals surface area (Å²) in [6.07, 6.45) is 3.58. The molecule has 0 saturated carbocycles. The van der Waals surface area contributed by atoms with Crippen LogP contribution in [0.5, 0.6) is 0 Å². The Balaban J connectivity index is 1.76. The molecule has 148 valence electrons. The summed E-state index contributed by atoms with van der Waals surface area (Å²) in [6.45, 7) is 2.11. The molecule has 7 nitrogen and oxygen atoms in total. The highest BCUT2D eigenvalue weighted by Crippen LogP contribution is 2.31. The van der Waals surface area contributed by atoms with Crippen LogP contribution in [0.1, 0.15) is 12.5 Å². The molecule has 0 bridgehead atoms. The van der Waals surface area contributed by atoms with E-state index in [1.54, 1.807) is 12.1 Å². The molecule has 30 heavy (non-hydrogen) atoms. The Kier molecular flexibility index (Phi) is 4.24. The van der Waals surface area contributed by atoms with Crippen LogP contribution in [0.4, 0.5) is 10.2 Å².